The lowest BCUT2D eigenvalue weighted by Crippen LogP contribution is -2.47. The summed E-state index contributed by atoms with van der Waals surface area (Å²) >= 11 is 3.03. The predicted octanol–water partition coefficient (Wildman–Crippen LogP) is 1.60. The second kappa shape index (κ2) is 5.48. The van der Waals surface area contributed by atoms with Crippen LogP contribution in [0.5, 0.6) is 0 Å². The number of carbonyl (C=O) groups excluding carboxylic acids is 2. The Labute approximate surface area is 112 Å². The smallest absolute Gasteiger partial charge is 0.251 e. The van der Waals surface area contributed by atoms with Crippen LogP contribution in [0.4, 0.5) is 4.39 Å². The Morgan fingerprint density at radius 1 is 1.50 bits per heavy atom. The summed E-state index contributed by atoms with van der Waals surface area (Å²) in [6.45, 7) is 0.420. The van der Waals surface area contributed by atoms with Crippen molar-refractivity contribution in [2.45, 2.75) is 18.9 Å². The Hall–Kier alpha value is -1.43. The first-order valence-electron chi connectivity index (χ1n) is 5.59. The van der Waals surface area contributed by atoms with Crippen LogP contribution in [0, 0.1) is 5.82 Å². The molecule has 0 saturated carbocycles. The summed E-state index contributed by atoms with van der Waals surface area (Å²) in [5.74, 6) is -0.808. The van der Waals surface area contributed by atoms with E-state index < -0.39 is 5.82 Å². The fourth-order valence-electron chi connectivity index (χ4n) is 1.76. The van der Waals surface area contributed by atoms with Crippen molar-refractivity contribution < 1.29 is 14.0 Å². The van der Waals surface area contributed by atoms with Gasteiger partial charge in [0, 0.05) is 24.6 Å². The highest BCUT2D eigenvalue weighted by Crippen LogP contribution is 2.16. The summed E-state index contributed by atoms with van der Waals surface area (Å²) in [5.41, 5.74) is 0.271. The van der Waals surface area contributed by atoms with Crippen molar-refractivity contribution in [1.82, 2.24) is 10.6 Å². The molecule has 2 N–H and O–H groups in total. The first kappa shape index (κ1) is 13.0. The zero-order valence-electron chi connectivity index (χ0n) is 9.50. The zero-order chi connectivity index (χ0) is 13.1. The van der Waals surface area contributed by atoms with E-state index in [4.69, 9.17) is 0 Å². The van der Waals surface area contributed by atoms with Gasteiger partial charge in [-0.05, 0) is 40.5 Å². The van der Waals surface area contributed by atoms with Crippen LogP contribution >= 0.6 is 15.9 Å². The van der Waals surface area contributed by atoms with E-state index in [1.165, 1.54) is 12.1 Å². The molecule has 2 amide bonds. The third-order valence-electron chi connectivity index (χ3n) is 2.78. The molecule has 0 aliphatic carbocycles. The average Bonchev–Trinajstić information content (AvgIpc) is 2.35. The summed E-state index contributed by atoms with van der Waals surface area (Å²) in [7, 11) is 0. The number of halogens is 2. The summed E-state index contributed by atoms with van der Waals surface area (Å²) in [4.78, 5) is 22.8. The molecular formula is C12H12BrFN2O2. The van der Waals surface area contributed by atoms with Crippen LogP contribution in [0.25, 0.3) is 0 Å². The Bertz CT molecular complexity index is 483. The van der Waals surface area contributed by atoms with Gasteiger partial charge < -0.3 is 10.6 Å². The third-order valence-corrected chi connectivity index (χ3v) is 3.43. The van der Waals surface area contributed by atoms with Crippen molar-refractivity contribution in [3.05, 3.63) is 34.1 Å². The Kier molecular flexibility index (Phi) is 3.96. The molecule has 1 aliphatic heterocycles. The lowest BCUT2D eigenvalue weighted by atomic mass is 10.1. The van der Waals surface area contributed by atoms with Crippen molar-refractivity contribution in [2.24, 2.45) is 0 Å². The quantitative estimate of drug-likeness (QED) is 0.871. The lowest BCUT2D eigenvalue weighted by Gasteiger charge is -2.23. The molecule has 1 fully saturated rings. The molecular weight excluding hydrogens is 303 g/mol. The second-order valence-corrected chi connectivity index (χ2v) is 5.00. The molecule has 1 heterocycles. The van der Waals surface area contributed by atoms with Gasteiger partial charge in [0.25, 0.3) is 5.91 Å². The molecule has 96 valence electrons. The van der Waals surface area contributed by atoms with Crippen LogP contribution in [0.15, 0.2) is 22.7 Å². The molecule has 2 rings (SSSR count). The van der Waals surface area contributed by atoms with Crippen LogP contribution in [-0.2, 0) is 4.79 Å². The molecule has 1 saturated heterocycles. The van der Waals surface area contributed by atoms with Crippen molar-refractivity contribution in [3.8, 4) is 0 Å². The average molecular weight is 315 g/mol. The molecule has 0 radical (unpaired) electrons. The van der Waals surface area contributed by atoms with Crippen molar-refractivity contribution in [3.63, 3.8) is 0 Å². The second-order valence-electron chi connectivity index (χ2n) is 4.14. The van der Waals surface area contributed by atoms with E-state index in [2.05, 4.69) is 26.6 Å². The van der Waals surface area contributed by atoms with Gasteiger partial charge in [-0.3, -0.25) is 9.59 Å². The molecule has 1 aromatic rings. The van der Waals surface area contributed by atoms with Gasteiger partial charge in [0.2, 0.25) is 5.91 Å². The number of rotatable bonds is 2. The van der Waals surface area contributed by atoms with Gasteiger partial charge in [0.15, 0.2) is 0 Å². The van der Waals surface area contributed by atoms with Gasteiger partial charge in [-0.1, -0.05) is 0 Å². The first-order valence-corrected chi connectivity index (χ1v) is 6.38. The van der Waals surface area contributed by atoms with Crippen LogP contribution in [0.1, 0.15) is 23.2 Å². The highest BCUT2D eigenvalue weighted by molar-refractivity contribution is 9.10. The van der Waals surface area contributed by atoms with Crippen LogP contribution in [0.2, 0.25) is 0 Å². The Morgan fingerprint density at radius 3 is 2.89 bits per heavy atom. The molecule has 6 heteroatoms. The summed E-state index contributed by atoms with van der Waals surface area (Å²) < 4.78 is 13.6. The summed E-state index contributed by atoms with van der Waals surface area (Å²) in [5, 5.41) is 5.44. The molecule has 18 heavy (non-hydrogen) atoms. The maximum atomic E-state index is 13.3. The van der Waals surface area contributed by atoms with E-state index in [0.29, 0.717) is 23.9 Å². The first-order chi connectivity index (χ1) is 8.56. The monoisotopic (exact) mass is 314 g/mol. The summed E-state index contributed by atoms with van der Waals surface area (Å²) in [6.07, 6.45) is 1.01. The fourth-order valence-corrected chi connectivity index (χ4v) is 2.01. The number of benzene rings is 1. The van der Waals surface area contributed by atoms with E-state index in [-0.39, 0.29) is 23.4 Å². The van der Waals surface area contributed by atoms with E-state index in [1.54, 1.807) is 6.07 Å². The van der Waals surface area contributed by atoms with Crippen molar-refractivity contribution in [1.29, 1.82) is 0 Å². The van der Waals surface area contributed by atoms with Crippen LogP contribution in [-0.4, -0.2) is 24.4 Å². The summed E-state index contributed by atoms with van der Waals surface area (Å²) in [6, 6.07) is 4.12. The van der Waals surface area contributed by atoms with Crippen LogP contribution in [0.3, 0.4) is 0 Å². The maximum Gasteiger partial charge on any atom is 0.251 e. The van der Waals surface area contributed by atoms with E-state index in [1.807, 2.05) is 0 Å². The van der Waals surface area contributed by atoms with E-state index in [0.717, 1.165) is 0 Å². The third kappa shape index (κ3) is 3.07. The molecule has 0 aromatic heterocycles. The number of nitrogens with one attached hydrogen (secondary N) is 2. The molecule has 0 spiro atoms. The topological polar surface area (TPSA) is 58.2 Å². The highest BCUT2D eigenvalue weighted by atomic mass is 79.9. The number of carbonyl (C=O) groups is 2. The number of hydrogen-bond acceptors (Lipinski definition) is 2. The Balaban J connectivity index is 1.99. The lowest BCUT2D eigenvalue weighted by molar-refractivity contribution is -0.122. The van der Waals surface area contributed by atoms with Gasteiger partial charge in [-0.2, -0.15) is 0 Å². The molecule has 1 aliphatic rings. The predicted molar refractivity (Wildman–Crippen MR) is 67.6 cm³/mol. The molecule has 1 atom stereocenters. The minimum absolute atomic E-state index is 0.00446. The van der Waals surface area contributed by atoms with Crippen LogP contribution < -0.4 is 10.6 Å². The minimum atomic E-state index is -0.473. The Morgan fingerprint density at radius 2 is 2.28 bits per heavy atom. The molecule has 4 nitrogen and oxygen atoms in total. The molecule has 0 bridgehead atoms. The van der Waals surface area contributed by atoms with Gasteiger partial charge in [0.05, 0.1) is 4.47 Å². The van der Waals surface area contributed by atoms with Gasteiger partial charge in [-0.25, -0.2) is 4.39 Å². The highest BCUT2D eigenvalue weighted by Gasteiger charge is 2.20. The number of amides is 2. The standard InChI is InChI=1S/C12H12BrFN2O2/c13-9-3-1-7(5-10(9)14)12(18)16-8-2-4-11(17)15-6-8/h1,3,5,8H,2,4,6H2,(H,15,17)(H,16,18). The SMILES string of the molecule is O=C1CCC(NC(=O)c2ccc(Br)c(F)c2)CN1. The zero-order valence-corrected chi connectivity index (χ0v) is 11.1. The fraction of sp³-hybridized carbons (Fsp3) is 0.333. The minimum Gasteiger partial charge on any atom is -0.354 e. The van der Waals surface area contributed by atoms with Crippen molar-refractivity contribution in [2.75, 3.05) is 6.54 Å². The number of piperidine rings is 1. The van der Waals surface area contributed by atoms with Gasteiger partial charge in [0.1, 0.15) is 5.82 Å². The normalized spacial score (nSPS) is 19.2. The molecule has 1 unspecified atom stereocenters. The van der Waals surface area contributed by atoms with Gasteiger partial charge >= 0.3 is 0 Å². The van der Waals surface area contributed by atoms with E-state index in [9.17, 15) is 14.0 Å². The van der Waals surface area contributed by atoms with Crippen molar-refractivity contribution >= 4 is 27.7 Å². The number of hydrogen-bond donors (Lipinski definition) is 2. The van der Waals surface area contributed by atoms with E-state index >= 15 is 0 Å². The molecule has 1 aromatic carbocycles. The maximum absolute atomic E-state index is 13.3. The largest absolute Gasteiger partial charge is 0.354 e. The van der Waals surface area contributed by atoms with Gasteiger partial charge in [-0.15, -0.1) is 0 Å².